The van der Waals surface area contributed by atoms with Gasteiger partial charge in [0.15, 0.2) is 0 Å². The molecule has 4 atom stereocenters. The Morgan fingerprint density at radius 3 is 1.42 bits per heavy atom. The molecule has 0 aliphatic carbocycles. The van der Waals surface area contributed by atoms with Gasteiger partial charge in [-0.25, -0.2) is 9.59 Å². The second-order valence-corrected chi connectivity index (χ2v) is 8.04. The Balaban J connectivity index is 1.40. The zero-order valence-corrected chi connectivity index (χ0v) is 18.2. The van der Waals surface area contributed by atoms with E-state index in [1.165, 1.54) is 0 Å². The van der Waals surface area contributed by atoms with Gasteiger partial charge in [0.25, 0.3) is 0 Å². The van der Waals surface area contributed by atoms with Crippen molar-refractivity contribution in [2.24, 2.45) is 11.5 Å². The lowest BCUT2D eigenvalue weighted by molar-refractivity contribution is -0.0419. The van der Waals surface area contributed by atoms with Crippen LogP contribution in [0.4, 0.5) is 9.59 Å². The maximum Gasteiger partial charge on any atom is 0.404 e. The molecule has 4 unspecified atom stereocenters. The van der Waals surface area contributed by atoms with Crippen LogP contribution in [0.25, 0.3) is 0 Å². The molecule has 2 fully saturated rings. The summed E-state index contributed by atoms with van der Waals surface area (Å²) in [5.41, 5.74) is 14.1. The maximum atomic E-state index is 10.7. The number of hydrogen-bond acceptors (Lipinski definition) is 7. The van der Waals surface area contributed by atoms with Gasteiger partial charge in [-0.3, -0.25) is 0 Å². The molecule has 4 rings (SSSR count). The summed E-state index contributed by atoms with van der Waals surface area (Å²) in [4.78, 5) is 21.4. The molecule has 9 nitrogen and oxygen atoms in total. The quantitative estimate of drug-likeness (QED) is 0.468. The average Bonchev–Trinajstić information content (AvgIpc) is 3.69. The van der Waals surface area contributed by atoms with Gasteiger partial charge in [-0.1, -0.05) is 48.5 Å². The number of carbonyl (C=O) groups is 2. The summed E-state index contributed by atoms with van der Waals surface area (Å²) in [6.45, 7) is 1.78. The van der Waals surface area contributed by atoms with Crippen molar-refractivity contribution in [3.05, 3.63) is 70.8 Å². The van der Waals surface area contributed by atoms with E-state index in [0.29, 0.717) is 26.1 Å². The fourth-order valence-corrected chi connectivity index (χ4v) is 3.67. The van der Waals surface area contributed by atoms with Gasteiger partial charge in [0.05, 0.1) is 26.4 Å². The van der Waals surface area contributed by atoms with Crippen molar-refractivity contribution in [2.75, 3.05) is 26.4 Å². The molecular weight excluding hydrogens is 428 g/mol. The summed E-state index contributed by atoms with van der Waals surface area (Å²) in [6.07, 6.45) is -0.815. The number of ether oxygens (including phenoxy) is 5. The van der Waals surface area contributed by atoms with E-state index in [-0.39, 0.29) is 37.6 Å². The molecule has 2 heterocycles. The molecule has 0 radical (unpaired) electrons. The lowest BCUT2D eigenvalue weighted by atomic mass is 10.0. The average molecular weight is 456 g/mol. The van der Waals surface area contributed by atoms with E-state index in [9.17, 15) is 9.59 Å². The monoisotopic (exact) mass is 456 g/mol. The molecule has 0 spiro atoms. The highest BCUT2D eigenvalue weighted by Crippen LogP contribution is 2.40. The Morgan fingerprint density at radius 1 is 0.758 bits per heavy atom. The number of primary amides is 2. The summed E-state index contributed by atoms with van der Waals surface area (Å²) in [6, 6.07) is 16.0. The van der Waals surface area contributed by atoms with E-state index >= 15 is 0 Å². The van der Waals surface area contributed by atoms with Gasteiger partial charge in [-0.15, -0.1) is 0 Å². The molecule has 2 aliphatic heterocycles. The molecule has 9 heteroatoms. The fourth-order valence-electron chi connectivity index (χ4n) is 3.67. The van der Waals surface area contributed by atoms with Crippen molar-refractivity contribution in [1.29, 1.82) is 0 Å². The normalized spacial score (nSPS) is 20.5. The van der Waals surface area contributed by atoms with Gasteiger partial charge >= 0.3 is 12.2 Å². The molecule has 0 saturated carbocycles. The van der Waals surface area contributed by atoms with E-state index in [1.807, 2.05) is 48.5 Å². The Labute approximate surface area is 191 Å². The molecule has 2 aliphatic rings. The minimum absolute atomic E-state index is 0.000478. The standard InChI is InChI=1S/C24H28N2O7/c25-23(27)29-11-9-15-1-5-17(6-2-15)21(19-13-31-19)33-22(20-14-32-20)18-7-3-16(4-8-18)10-12-30-24(26)28/h1-8,19-22H,9-14H2,(H2,25,27)(H2,26,28). The third kappa shape index (κ3) is 6.92. The largest absolute Gasteiger partial charge is 0.449 e. The molecular formula is C24H28N2O7. The van der Waals surface area contributed by atoms with Crippen LogP contribution in [0.5, 0.6) is 0 Å². The van der Waals surface area contributed by atoms with Crippen molar-refractivity contribution >= 4 is 12.2 Å². The fraction of sp³-hybridized carbons (Fsp3) is 0.417. The lowest BCUT2D eigenvalue weighted by Gasteiger charge is -2.24. The van der Waals surface area contributed by atoms with E-state index in [4.69, 9.17) is 35.2 Å². The third-order valence-corrected chi connectivity index (χ3v) is 5.57. The van der Waals surface area contributed by atoms with Crippen molar-refractivity contribution in [1.82, 2.24) is 0 Å². The van der Waals surface area contributed by atoms with Gasteiger partial charge in [0, 0.05) is 12.8 Å². The van der Waals surface area contributed by atoms with E-state index in [2.05, 4.69) is 0 Å². The van der Waals surface area contributed by atoms with Crippen molar-refractivity contribution in [2.45, 2.75) is 37.3 Å². The Hall–Kier alpha value is -3.14. The predicted octanol–water partition coefficient (Wildman–Crippen LogP) is 2.56. The van der Waals surface area contributed by atoms with Crippen LogP contribution in [0.15, 0.2) is 48.5 Å². The summed E-state index contributed by atoms with van der Waals surface area (Å²) < 4.78 is 27.3. The first-order valence-electron chi connectivity index (χ1n) is 10.9. The molecule has 2 amide bonds. The van der Waals surface area contributed by atoms with Crippen LogP contribution >= 0.6 is 0 Å². The first kappa shape index (κ1) is 23.0. The molecule has 0 aromatic heterocycles. The number of amides is 2. The number of epoxide rings is 2. The second-order valence-electron chi connectivity index (χ2n) is 8.04. The maximum absolute atomic E-state index is 10.7. The Bertz CT molecular complexity index is 863. The predicted molar refractivity (Wildman–Crippen MR) is 117 cm³/mol. The molecule has 2 aromatic rings. The van der Waals surface area contributed by atoms with E-state index in [1.54, 1.807) is 0 Å². The van der Waals surface area contributed by atoms with Crippen molar-refractivity contribution in [3.63, 3.8) is 0 Å². The van der Waals surface area contributed by atoms with Crippen molar-refractivity contribution < 1.29 is 33.3 Å². The number of rotatable bonds is 12. The van der Waals surface area contributed by atoms with Gasteiger partial charge in [0.2, 0.25) is 0 Å². The Morgan fingerprint density at radius 2 is 1.12 bits per heavy atom. The van der Waals surface area contributed by atoms with Crippen LogP contribution in [0.2, 0.25) is 0 Å². The zero-order valence-electron chi connectivity index (χ0n) is 18.2. The van der Waals surface area contributed by atoms with Crippen LogP contribution in [-0.4, -0.2) is 50.8 Å². The molecule has 0 bridgehead atoms. The first-order chi connectivity index (χ1) is 16.0. The molecule has 33 heavy (non-hydrogen) atoms. The summed E-state index contributed by atoms with van der Waals surface area (Å²) in [5.74, 6) is 0. The molecule has 4 N–H and O–H groups in total. The van der Waals surface area contributed by atoms with Gasteiger partial charge in [0.1, 0.15) is 24.4 Å². The van der Waals surface area contributed by atoms with Crippen molar-refractivity contribution in [3.8, 4) is 0 Å². The number of carbonyl (C=O) groups excluding carboxylic acids is 2. The van der Waals surface area contributed by atoms with Gasteiger partial charge < -0.3 is 35.2 Å². The number of nitrogens with two attached hydrogens (primary N) is 2. The third-order valence-electron chi connectivity index (χ3n) is 5.57. The minimum atomic E-state index is -0.772. The Kier molecular flexibility index (Phi) is 7.43. The highest BCUT2D eigenvalue weighted by Gasteiger charge is 2.42. The van der Waals surface area contributed by atoms with E-state index < -0.39 is 12.2 Å². The first-order valence-corrected chi connectivity index (χ1v) is 10.9. The molecule has 2 aromatic carbocycles. The topological polar surface area (TPSA) is 139 Å². The lowest BCUT2D eigenvalue weighted by Crippen LogP contribution is -2.19. The number of benzene rings is 2. The van der Waals surface area contributed by atoms with Gasteiger partial charge in [-0.2, -0.15) is 0 Å². The summed E-state index contributed by atoms with van der Waals surface area (Å²) in [5, 5.41) is 0. The SMILES string of the molecule is NC(=O)OCCc1ccc(C(OC(c2ccc(CCOC(N)=O)cc2)C2CO2)C2CO2)cc1. The zero-order chi connectivity index (χ0) is 23.2. The highest BCUT2D eigenvalue weighted by atomic mass is 16.6. The van der Waals surface area contributed by atoms with Crippen LogP contribution in [-0.2, 0) is 36.5 Å². The van der Waals surface area contributed by atoms with Crippen LogP contribution < -0.4 is 11.5 Å². The van der Waals surface area contributed by atoms with Crippen LogP contribution in [0, 0.1) is 0 Å². The molecule has 176 valence electrons. The minimum Gasteiger partial charge on any atom is -0.449 e. The van der Waals surface area contributed by atoms with Gasteiger partial charge in [-0.05, 0) is 22.3 Å². The summed E-state index contributed by atoms with van der Waals surface area (Å²) in [7, 11) is 0. The smallest absolute Gasteiger partial charge is 0.404 e. The second kappa shape index (κ2) is 10.7. The summed E-state index contributed by atoms with van der Waals surface area (Å²) >= 11 is 0. The highest BCUT2D eigenvalue weighted by molar-refractivity contribution is 5.64. The van der Waals surface area contributed by atoms with Crippen LogP contribution in [0.3, 0.4) is 0 Å². The van der Waals surface area contributed by atoms with Crippen LogP contribution in [0.1, 0.15) is 34.5 Å². The van der Waals surface area contributed by atoms with E-state index in [0.717, 1.165) is 22.3 Å². The number of hydrogen-bond donors (Lipinski definition) is 2. The molecule has 2 saturated heterocycles.